The lowest BCUT2D eigenvalue weighted by molar-refractivity contribution is 0.0610. The fraction of sp³-hybridized carbons (Fsp3) is 0.520. The minimum atomic E-state index is -0.628. The van der Waals surface area contributed by atoms with Gasteiger partial charge in [-0.25, -0.2) is 9.97 Å². The summed E-state index contributed by atoms with van der Waals surface area (Å²) in [5.74, 6) is -0.305. The van der Waals surface area contributed by atoms with Crippen LogP contribution in [0.4, 0.5) is 11.6 Å². The van der Waals surface area contributed by atoms with Gasteiger partial charge in [-0.3, -0.25) is 25.3 Å². The Morgan fingerprint density at radius 3 is 2.49 bits per heavy atom. The molecular formula is C25H35Cl2N9O. The van der Waals surface area contributed by atoms with Crippen molar-refractivity contribution in [1.82, 2.24) is 30.4 Å². The third-order valence-electron chi connectivity index (χ3n) is 7.21. The van der Waals surface area contributed by atoms with Gasteiger partial charge in [0.15, 0.2) is 28.4 Å². The van der Waals surface area contributed by atoms with Crippen molar-refractivity contribution in [2.24, 2.45) is 0 Å². The number of nitrogens with one attached hydrogen (secondary N) is 3. The number of nitrogens with two attached hydrogens (primary N) is 1. The zero-order valence-corrected chi connectivity index (χ0v) is 22.8. The molecule has 0 spiro atoms. The van der Waals surface area contributed by atoms with Crippen LogP contribution >= 0.6 is 23.2 Å². The van der Waals surface area contributed by atoms with Crippen LogP contribution in [0.2, 0.25) is 10.2 Å². The minimum absolute atomic E-state index is 0.00987. The van der Waals surface area contributed by atoms with E-state index in [1.807, 2.05) is 12.1 Å². The average Bonchev–Trinajstić information content (AvgIpc) is 2.91. The molecule has 1 aromatic carbocycles. The van der Waals surface area contributed by atoms with Crippen LogP contribution < -0.4 is 21.3 Å². The molecule has 2 aromatic rings. The van der Waals surface area contributed by atoms with Crippen molar-refractivity contribution in [3.8, 4) is 0 Å². The number of nitrogen functional groups attached to an aromatic ring is 1. The van der Waals surface area contributed by atoms with Crippen LogP contribution in [0.3, 0.4) is 0 Å². The van der Waals surface area contributed by atoms with Crippen molar-refractivity contribution in [3.05, 3.63) is 45.7 Å². The van der Waals surface area contributed by atoms with E-state index in [-0.39, 0.29) is 22.6 Å². The zero-order valence-electron chi connectivity index (χ0n) is 21.3. The molecule has 200 valence electrons. The number of aromatic nitrogens is 2. The molecule has 1 aromatic heterocycles. The number of carbonyl (C=O) groups is 1. The van der Waals surface area contributed by atoms with E-state index < -0.39 is 5.91 Å². The lowest BCUT2D eigenvalue weighted by Gasteiger charge is -2.47. The molecule has 0 saturated carbocycles. The maximum atomic E-state index is 12.4. The maximum absolute atomic E-state index is 12.4. The highest BCUT2D eigenvalue weighted by Gasteiger charge is 2.34. The third kappa shape index (κ3) is 6.62. The third-order valence-corrected chi connectivity index (χ3v) is 7.72. The molecule has 2 saturated heterocycles. The molecule has 37 heavy (non-hydrogen) atoms. The number of halogens is 2. The normalized spacial score (nSPS) is 19.6. The second-order valence-electron chi connectivity index (χ2n) is 9.53. The molecule has 2 aliphatic heterocycles. The number of hydrogen-bond donors (Lipinski definition) is 4. The first kappa shape index (κ1) is 27.4. The number of likely N-dealkylation sites (tertiary alicyclic amines) is 1. The lowest BCUT2D eigenvalue weighted by Crippen LogP contribution is -2.58. The summed E-state index contributed by atoms with van der Waals surface area (Å²) in [6.45, 7) is 7.75. The summed E-state index contributed by atoms with van der Waals surface area (Å²) >= 11 is 12.5. The van der Waals surface area contributed by atoms with E-state index in [9.17, 15) is 4.79 Å². The number of anilines is 2. The first-order valence-electron chi connectivity index (χ1n) is 12.7. The summed E-state index contributed by atoms with van der Waals surface area (Å²) < 4.78 is 0. The van der Waals surface area contributed by atoms with E-state index in [0.717, 1.165) is 63.6 Å². The summed E-state index contributed by atoms with van der Waals surface area (Å²) in [6.07, 6.45) is 3.29. The Labute approximate surface area is 228 Å². The first-order valence-corrected chi connectivity index (χ1v) is 13.4. The van der Waals surface area contributed by atoms with Crippen LogP contribution in [0.25, 0.3) is 0 Å². The molecule has 3 heterocycles. The van der Waals surface area contributed by atoms with Gasteiger partial charge < -0.3 is 16.0 Å². The van der Waals surface area contributed by atoms with Gasteiger partial charge in [0.25, 0.3) is 5.91 Å². The van der Waals surface area contributed by atoms with E-state index >= 15 is 0 Å². The molecule has 12 heteroatoms. The predicted octanol–water partition coefficient (Wildman–Crippen LogP) is 2.81. The number of benzene rings is 1. The highest BCUT2D eigenvalue weighted by Crippen LogP contribution is 2.30. The number of amides is 1. The molecule has 2 fully saturated rings. The highest BCUT2D eigenvalue weighted by molar-refractivity contribution is 6.32. The maximum Gasteiger partial charge on any atom is 0.280 e. The van der Waals surface area contributed by atoms with Crippen LogP contribution in [-0.2, 0) is 6.54 Å². The van der Waals surface area contributed by atoms with E-state index in [1.54, 1.807) is 0 Å². The van der Waals surface area contributed by atoms with Crippen molar-refractivity contribution in [1.29, 1.82) is 5.41 Å². The molecule has 10 nitrogen and oxygen atoms in total. The summed E-state index contributed by atoms with van der Waals surface area (Å²) in [5, 5.41) is 13.4. The van der Waals surface area contributed by atoms with Crippen LogP contribution in [0, 0.1) is 5.41 Å². The quantitative estimate of drug-likeness (QED) is 0.321. The summed E-state index contributed by atoms with van der Waals surface area (Å²) in [7, 11) is 1.53. The number of rotatable bonds is 6. The average molecular weight is 549 g/mol. The first-order chi connectivity index (χ1) is 17.8. The molecule has 1 amide bonds. The summed E-state index contributed by atoms with van der Waals surface area (Å²) in [6, 6.07) is 9.03. The SMILES string of the molecule is CC[C@H]1CN(c2nc(N)c(C(=O)NC(=N)NC)nc2Cl)CCN1C1CCN(Cc2ccc(Cl)cc2)CC1. The number of piperidine rings is 1. The van der Waals surface area contributed by atoms with Crippen molar-refractivity contribution in [2.45, 2.75) is 44.8 Å². The van der Waals surface area contributed by atoms with Crippen molar-refractivity contribution >= 4 is 46.7 Å². The topological polar surface area (TPSA) is 126 Å². The van der Waals surface area contributed by atoms with E-state index in [1.165, 1.54) is 12.6 Å². The van der Waals surface area contributed by atoms with E-state index in [0.29, 0.717) is 17.9 Å². The molecule has 0 aliphatic carbocycles. The number of carbonyl (C=O) groups excluding carboxylic acids is 1. The van der Waals surface area contributed by atoms with Crippen LogP contribution in [-0.4, -0.2) is 83.5 Å². The second-order valence-corrected chi connectivity index (χ2v) is 10.3. The van der Waals surface area contributed by atoms with Gasteiger partial charge >= 0.3 is 0 Å². The van der Waals surface area contributed by atoms with Gasteiger partial charge in [0, 0.05) is 50.3 Å². The van der Waals surface area contributed by atoms with Crippen molar-refractivity contribution in [3.63, 3.8) is 0 Å². The van der Waals surface area contributed by atoms with Gasteiger partial charge in [-0.15, -0.1) is 0 Å². The molecule has 4 rings (SSSR count). The molecule has 2 aliphatic rings. The lowest BCUT2D eigenvalue weighted by atomic mass is 9.98. The fourth-order valence-corrected chi connectivity index (χ4v) is 5.56. The summed E-state index contributed by atoms with van der Waals surface area (Å²) in [4.78, 5) is 28.3. The standard InChI is InChI=1S/C25H35Cl2N9O/c1-3-18-15-35(23-21(27)31-20(22(28)32-23)24(37)33-25(29)30-2)12-13-36(18)19-8-10-34(11-9-19)14-16-4-6-17(26)7-5-16/h4-7,18-19H,3,8-15H2,1-2H3,(H2,28,32)(H3,29,30,33,37)/t18-/m0/s1. The van der Waals surface area contributed by atoms with E-state index in [2.05, 4.69) is 54.4 Å². The Bertz CT molecular complexity index is 1110. The second kappa shape index (κ2) is 12.3. The van der Waals surface area contributed by atoms with Crippen LogP contribution in [0.5, 0.6) is 0 Å². The number of nitrogens with zero attached hydrogens (tertiary/aromatic N) is 5. The molecule has 1 atom stereocenters. The smallest absolute Gasteiger partial charge is 0.280 e. The summed E-state index contributed by atoms with van der Waals surface area (Å²) in [5.41, 5.74) is 7.27. The zero-order chi connectivity index (χ0) is 26.5. The van der Waals surface area contributed by atoms with Gasteiger partial charge in [-0.2, -0.15) is 0 Å². The molecular weight excluding hydrogens is 513 g/mol. The molecule has 0 bridgehead atoms. The Hall–Kier alpha value is -2.66. The van der Waals surface area contributed by atoms with Gasteiger partial charge in [0.05, 0.1) is 0 Å². The Morgan fingerprint density at radius 1 is 1.14 bits per heavy atom. The highest BCUT2D eigenvalue weighted by atomic mass is 35.5. The fourth-order valence-electron chi connectivity index (χ4n) is 5.19. The largest absolute Gasteiger partial charge is 0.382 e. The predicted molar refractivity (Wildman–Crippen MR) is 148 cm³/mol. The monoisotopic (exact) mass is 547 g/mol. The van der Waals surface area contributed by atoms with E-state index in [4.69, 9.17) is 34.3 Å². The molecule has 0 radical (unpaired) electrons. The Balaban J connectivity index is 1.36. The molecule has 0 unspecified atom stereocenters. The van der Waals surface area contributed by atoms with Gasteiger partial charge in [0.2, 0.25) is 0 Å². The van der Waals surface area contributed by atoms with Gasteiger partial charge in [-0.1, -0.05) is 42.3 Å². The van der Waals surface area contributed by atoms with Crippen molar-refractivity contribution in [2.75, 3.05) is 50.4 Å². The van der Waals surface area contributed by atoms with Crippen LogP contribution in [0.1, 0.15) is 42.2 Å². The van der Waals surface area contributed by atoms with Crippen molar-refractivity contribution < 1.29 is 4.79 Å². The molecule has 5 N–H and O–H groups in total. The van der Waals surface area contributed by atoms with Gasteiger partial charge in [-0.05, 0) is 50.0 Å². The van der Waals surface area contributed by atoms with Crippen LogP contribution in [0.15, 0.2) is 24.3 Å². The number of hydrogen-bond acceptors (Lipinski definition) is 8. The number of guanidine groups is 1. The number of piperazine rings is 1. The van der Waals surface area contributed by atoms with Gasteiger partial charge in [0.1, 0.15) is 0 Å². The Kier molecular flexibility index (Phi) is 9.07. The minimum Gasteiger partial charge on any atom is -0.382 e. The Morgan fingerprint density at radius 2 is 1.84 bits per heavy atom.